The van der Waals surface area contributed by atoms with Gasteiger partial charge in [-0.25, -0.2) is 4.98 Å². The molecule has 0 fully saturated rings. The standard InChI is InChI=1S/C16H8Cl3NO/c17-10-7-5-9(6-8-10)13-14(16(19)21)11-3-1-2-4-12(11)20-15(13)18/h1-8H. The highest BCUT2D eigenvalue weighted by molar-refractivity contribution is 6.69. The highest BCUT2D eigenvalue weighted by Crippen LogP contribution is 2.36. The Labute approximate surface area is 136 Å². The Morgan fingerprint density at radius 1 is 0.952 bits per heavy atom. The summed E-state index contributed by atoms with van der Waals surface area (Å²) in [5, 5.41) is 0.940. The molecule has 0 atom stereocenters. The van der Waals surface area contributed by atoms with Crippen molar-refractivity contribution >= 4 is 50.9 Å². The zero-order chi connectivity index (χ0) is 15.0. The van der Waals surface area contributed by atoms with Crippen LogP contribution in [0.5, 0.6) is 0 Å². The molecule has 0 N–H and O–H groups in total. The lowest BCUT2D eigenvalue weighted by Crippen LogP contribution is -1.99. The van der Waals surface area contributed by atoms with E-state index in [4.69, 9.17) is 34.8 Å². The molecule has 0 radical (unpaired) electrons. The van der Waals surface area contributed by atoms with Gasteiger partial charge >= 0.3 is 0 Å². The second-order valence-electron chi connectivity index (χ2n) is 4.45. The summed E-state index contributed by atoms with van der Waals surface area (Å²) in [6.45, 7) is 0. The topological polar surface area (TPSA) is 30.0 Å². The predicted octanol–water partition coefficient (Wildman–Crippen LogP) is 5.59. The SMILES string of the molecule is O=C(Cl)c1c(-c2ccc(Cl)cc2)c(Cl)nc2ccccc12. The molecule has 21 heavy (non-hydrogen) atoms. The Balaban J connectivity index is 2.41. The van der Waals surface area contributed by atoms with Gasteiger partial charge in [0.25, 0.3) is 5.24 Å². The van der Waals surface area contributed by atoms with Gasteiger partial charge < -0.3 is 0 Å². The second-order valence-corrected chi connectivity index (χ2v) is 5.59. The lowest BCUT2D eigenvalue weighted by Gasteiger charge is -2.12. The summed E-state index contributed by atoms with van der Waals surface area (Å²) in [5.41, 5.74) is 2.25. The van der Waals surface area contributed by atoms with Crippen LogP contribution in [0, 0.1) is 0 Å². The molecule has 0 aliphatic heterocycles. The minimum atomic E-state index is -0.569. The van der Waals surface area contributed by atoms with E-state index in [0.717, 1.165) is 5.56 Å². The largest absolute Gasteiger partial charge is 0.276 e. The van der Waals surface area contributed by atoms with Gasteiger partial charge in [-0.1, -0.05) is 53.5 Å². The van der Waals surface area contributed by atoms with Crippen molar-refractivity contribution in [3.8, 4) is 11.1 Å². The second kappa shape index (κ2) is 5.64. The molecule has 3 rings (SSSR count). The van der Waals surface area contributed by atoms with Crippen molar-refractivity contribution < 1.29 is 4.79 Å². The molecule has 0 spiro atoms. The molecule has 1 heterocycles. The van der Waals surface area contributed by atoms with E-state index in [2.05, 4.69) is 4.98 Å². The molecule has 5 heteroatoms. The van der Waals surface area contributed by atoms with Crippen LogP contribution < -0.4 is 0 Å². The van der Waals surface area contributed by atoms with Crippen LogP contribution in [0.15, 0.2) is 48.5 Å². The van der Waals surface area contributed by atoms with Gasteiger partial charge in [-0.15, -0.1) is 0 Å². The molecular weight excluding hydrogens is 329 g/mol. The Kier molecular flexibility index (Phi) is 3.85. The normalized spacial score (nSPS) is 10.8. The molecule has 2 nitrogen and oxygen atoms in total. The summed E-state index contributed by atoms with van der Waals surface area (Å²) in [4.78, 5) is 16.3. The van der Waals surface area contributed by atoms with Crippen LogP contribution in [0.4, 0.5) is 0 Å². The lowest BCUT2D eigenvalue weighted by atomic mass is 9.98. The lowest BCUT2D eigenvalue weighted by molar-refractivity contribution is 0.108. The van der Waals surface area contributed by atoms with Crippen LogP contribution in [0.2, 0.25) is 10.2 Å². The van der Waals surface area contributed by atoms with Gasteiger partial charge in [-0.05, 0) is 35.4 Å². The Morgan fingerprint density at radius 2 is 1.62 bits per heavy atom. The van der Waals surface area contributed by atoms with Gasteiger partial charge in [0.15, 0.2) is 0 Å². The average Bonchev–Trinajstić information content (AvgIpc) is 2.46. The first-order valence-electron chi connectivity index (χ1n) is 6.12. The summed E-state index contributed by atoms with van der Waals surface area (Å²) in [5.74, 6) is 0. The Morgan fingerprint density at radius 3 is 2.29 bits per heavy atom. The zero-order valence-electron chi connectivity index (χ0n) is 10.6. The van der Waals surface area contributed by atoms with E-state index in [1.807, 2.05) is 12.1 Å². The first-order valence-corrected chi connectivity index (χ1v) is 7.25. The van der Waals surface area contributed by atoms with Crippen LogP contribution in [-0.4, -0.2) is 10.2 Å². The molecule has 0 amide bonds. The van der Waals surface area contributed by atoms with Crippen molar-refractivity contribution in [2.24, 2.45) is 0 Å². The Bertz CT molecular complexity index is 844. The number of carbonyl (C=O) groups is 1. The summed E-state index contributed by atoms with van der Waals surface area (Å²) in [6, 6.07) is 14.3. The van der Waals surface area contributed by atoms with Crippen LogP contribution in [0.3, 0.4) is 0 Å². The first-order chi connectivity index (χ1) is 10.1. The number of halogens is 3. The molecule has 1 aromatic heterocycles. The van der Waals surface area contributed by atoms with Crippen molar-refractivity contribution in [1.82, 2.24) is 4.98 Å². The summed E-state index contributed by atoms with van der Waals surface area (Å²) < 4.78 is 0. The third-order valence-corrected chi connectivity index (χ3v) is 3.89. The zero-order valence-corrected chi connectivity index (χ0v) is 12.9. The van der Waals surface area contributed by atoms with Gasteiger partial charge in [-0.2, -0.15) is 0 Å². The average molecular weight is 337 g/mol. The van der Waals surface area contributed by atoms with Crippen LogP contribution >= 0.6 is 34.8 Å². The maximum atomic E-state index is 11.9. The van der Waals surface area contributed by atoms with E-state index in [-0.39, 0.29) is 5.15 Å². The number of hydrogen-bond donors (Lipinski definition) is 0. The minimum Gasteiger partial charge on any atom is -0.276 e. The molecule has 2 aromatic carbocycles. The van der Waals surface area contributed by atoms with Gasteiger partial charge in [-0.3, -0.25) is 4.79 Å². The van der Waals surface area contributed by atoms with Crippen molar-refractivity contribution in [1.29, 1.82) is 0 Å². The summed E-state index contributed by atoms with van der Waals surface area (Å²) in [6.07, 6.45) is 0. The number of pyridine rings is 1. The fourth-order valence-corrected chi connectivity index (χ4v) is 2.88. The number of hydrogen-bond acceptors (Lipinski definition) is 2. The molecule has 104 valence electrons. The van der Waals surface area contributed by atoms with Crippen molar-refractivity contribution in [2.45, 2.75) is 0 Å². The highest BCUT2D eigenvalue weighted by atomic mass is 35.5. The third kappa shape index (κ3) is 2.62. The number of nitrogens with zero attached hydrogens (tertiary/aromatic N) is 1. The van der Waals surface area contributed by atoms with E-state index < -0.39 is 5.24 Å². The van der Waals surface area contributed by atoms with E-state index in [1.165, 1.54) is 0 Å². The van der Waals surface area contributed by atoms with Gasteiger partial charge in [0.1, 0.15) is 5.15 Å². The van der Waals surface area contributed by atoms with Gasteiger partial charge in [0.2, 0.25) is 0 Å². The van der Waals surface area contributed by atoms with E-state index in [1.54, 1.807) is 36.4 Å². The smallest absolute Gasteiger partial charge is 0.253 e. The maximum absolute atomic E-state index is 11.9. The van der Waals surface area contributed by atoms with Crippen molar-refractivity contribution in [3.05, 3.63) is 64.3 Å². The number of benzene rings is 2. The highest BCUT2D eigenvalue weighted by Gasteiger charge is 2.19. The molecule has 0 bridgehead atoms. The fourth-order valence-electron chi connectivity index (χ4n) is 2.27. The van der Waals surface area contributed by atoms with E-state index >= 15 is 0 Å². The van der Waals surface area contributed by atoms with Crippen LogP contribution in [0.1, 0.15) is 10.4 Å². The molecular formula is C16H8Cl3NO. The molecule has 0 aliphatic rings. The van der Waals surface area contributed by atoms with E-state index in [0.29, 0.717) is 27.1 Å². The maximum Gasteiger partial charge on any atom is 0.253 e. The molecule has 0 saturated heterocycles. The number of para-hydroxylation sites is 1. The quantitative estimate of drug-likeness (QED) is 0.451. The molecule has 0 unspecified atom stereocenters. The number of aromatic nitrogens is 1. The van der Waals surface area contributed by atoms with E-state index in [9.17, 15) is 4.79 Å². The summed E-state index contributed by atoms with van der Waals surface area (Å²) >= 11 is 18.0. The third-order valence-electron chi connectivity index (χ3n) is 3.18. The molecule has 3 aromatic rings. The monoisotopic (exact) mass is 335 g/mol. The number of fused-ring (bicyclic) bond motifs is 1. The van der Waals surface area contributed by atoms with Crippen LogP contribution in [-0.2, 0) is 0 Å². The predicted molar refractivity (Wildman–Crippen MR) is 87.4 cm³/mol. The summed E-state index contributed by atoms with van der Waals surface area (Å²) in [7, 11) is 0. The number of carbonyl (C=O) groups excluding carboxylic acids is 1. The van der Waals surface area contributed by atoms with Gasteiger partial charge in [0.05, 0.1) is 11.1 Å². The molecule has 0 saturated carbocycles. The molecule has 0 aliphatic carbocycles. The first kappa shape index (κ1) is 14.3. The van der Waals surface area contributed by atoms with Crippen LogP contribution in [0.25, 0.3) is 22.0 Å². The Hall–Kier alpha value is -1.61. The number of rotatable bonds is 2. The van der Waals surface area contributed by atoms with Crippen molar-refractivity contribution in [2.75, 3.05) is 0 Å². The van der Waals surface area contributed by atoms with Crippen molar-refractivity contribution in [3.63, 3.8) is 0 Å². The minimum absolute atomic E-state index is 0.236. The fraction of sp³-hybridized carbons (Fsp3) is 0. The van der Waals surface area contributed by atoms with Gasteiger partial charge in [0, 0.05) is 16.0 Å².